The number of aromatic carboxylic acids is 1. The second-order valence-corrected chi connectivity index (χ2v) is 23.8. The lowest BCUT2D eigenvalue weighted by molar-refractivity contribution is 0.0684. The van der Waals surface area contributed by atoms with E-state index >= 15 is 0 Å². The summed E-state index contributed by atoms with van der Waals surface area (Å²) in [5, 5.41) is 34.9. The Hall–Kier alpha value is -8.45. The molecule has 8 nitrogen and oxygen atoms in total. The second-order valence-electron chi connectivity index (χ2n) is 20.6. The Kier molecular flexibility index (Phi) is 15.2. The van der Waals surface area contributed by atoms with Gasteiger partial charge in [-0.1, -0.05) is 157 Å². The smallest absolute Gasteiger partial charge is 0.358 e. The summed E-state index contributed by atoms with van der Waals surface area (Å²) in [5.74, 6) is -1.01. The summed E-state index contributed by atoms with van der Waals surface area (Å²) in [7, 11) is 0. The monoisotopic (exact) mass is 1090 g/mol. The van der Waals surface area contributed by atoms with Crippen molar-refractivity contribution in [2.45, 2.75) is 56.8 Å². The molecule has 3 aromatic heterocycles. The molecule has 0 saturated carbocycles. The Morgan fingerprint density at radius 2 is 1.11 bits per heavy atom. The molecule has 11 heteroatoms. The van der Waals surface area contributed by atoms with E-state index in [4.69, 9.17) is 17.0 Å². The first-order chi connectivity index (χ1) is 38.5. The predicted molar refractivity (Wildman–Crippen MR) is 330 cm³/mol. The average molecular weight is 1090 g/mol. The van der Waals surface area contributed by atoms with Gasteiger partial charge in [0, 0.05) is 39.1 Å². The molecule has 0 spiro atoms. The van der Waals surface area contributed by atoms with Gasteiger partial charge in [0.25, 0.3) is 0 Å². The highest BCUT2D eigenvalue weighted by Crippen LogP contribution is 2.43. The van der Waals surface area contributed by atoms with Crippen molar-refractivity contribution < 1.29 is 14.6 Å². The molecule has 0 bridgehead atoms. The SMILES string of the molecule is CSC(=S)SC(C#N)CC(CC(CC(C)(C)C#N)c1ccc(COc2cccnc2C(=O)O)cc1)c1ccc(-c2ccc3c(c2)c2ccccc2n3-c2ccc(-c3ccc(-n4c5ccccc5c5ccccc54)cc3)cc2)cc1. The number of rotatable bonds is 17. The molecule has 3 atom stereocenters. The molecule has 0 radical (unpaired) electrons. The van der Waals surface area contributed by atoms with Gasteiger partial charge in [-0.2, -0.15) is 10.5 Å². The molecule has 0 amide bonds. The zero-order valence-electron chi connectivity index (χ0n) is 43.9. The van der Waals surface area contributed by atoms with Crippen molar-refractivity contribution in [3.05, 3.63) is 229 Å². The number of carboxylic acid groups (broad SMARTS) is 1. The highest BCUT2D eigenvalue weighted by Gasteiger charge is 2.30. The largest absolute Gasteiger partial charge is 0.486 e. The molecule has 0 saturated heterocycles. The van der Waals surface area contributed by atoms with Crippen LogP contribution in [0, 0.1) is 28.1 Å². The number of carboxylic acids is 1. The Bertz CT molecular complexity index is 4080. The average Bonchev–Trinajstić information content (AvgIpc) is 4.22. The minimum absolute atomic E-state index is 0.0243. The van der Waals surface area contributed by atoms with Crippen molar-refractivity contribution in [2.75, 3.05) is 6.26 Å². The minimum Gasteiger partial charge on any atom is -0.486 e. The maximum Gasteiger partial charge on any atom is 0.358 e. The predicted octanol–water partition coefficient (Wildman–Crippen LogP) is 17.7. The van der Waals surface area contributed by atoms with E-state index in [-0.39, 0.29) is 35.1 Å². The number of fused-ring (bicyclic) bond motifs is 6. The lowest BCUT2D eigenvalue weighted by atomic mass is 9.75. The lowest BCUT2D eigenvalue weighted by Gasteiger charge is -2.29. The molecule has 0 fully saturated rings. The molecule has 1 N–H and O–H groups in total. The van der Waals surface area contributed by atoms with E-state index in [1.807, 2.05) is 32.2 Å². The number of nitriles is 2. The summed E-state index contributed by atoms with van der Waals surface area (Å²) in [5.41, 5.74) is 13.7. The molecule has 0 aliphatic rings. The number of hydrogen-bond donors (Lipinski definition) is 1. The van der Waals surface area contributed by atoms with E-state index in [0.29, 0.717) is 19.3 Å². The number of para-hydroxylation sites is 3. The van der Waals surface area contributed by atoms with Crippen molar-refractivity contribution in [3.63, 3.8) is 0 Å². The van der Waals surface area contributed by atoms with Gasteiger partial charge in [-0.25, -0.2) is 9.78 Å². The van der Waals surface area contributed by atoms with Crippen LogP contribution in [0.15, 0.2) is 206 Å². The molecule has 11 aromatic rings. The summed E-state index contributed by atoms with van der Waals surface area (Å²) in [6.45, 7) is 4.12. The van der Waals surface area contributed by atoms with Crippen LogP contribution in [0.25, 0.3) is 77.2 Å². The Morgan fingerprint density at radius 1 is 0.620 bits per heavy atom. The fourth-order valence-electron chi connectivity index (χ4n) is 11.2. The van der Waals surface area contributed by atoms with Gasteiger partial charge in [0.15, 0.2) is 11.4 Å². The number of nitrogens with zero attached hydrogens (tertiary/aromatic N) is 5. The third-order valence-corrected chi connectivity index (χ3v) is 17.7. The topological polar surface area (TPSA) is 117 Å². The van der Waals surface area contributed by atoms with Crippen LogP contribution < -0.4 is 4.74 Å². The number of benzene rings is 8. The Morgan fingerprint density at radius 3 is 1.66 bits per heavy atom. The number of pyridine rings is 1. The quantitative estimate of drug-likeness (QED) is 0.0890. The maximum absolute atomic E-state index is 11.7. The number of thiocarbonyl (C=S) groups is 1. The van der Waals surface area contributed by atoms with Gasteiger partial charge in [0.05, 0.1) is 44.9 Å². The zero-order chi connectivity index (χ0) is 54.6. The van der Waals surface area contributed by atoms with Crippen LogP contribution in [0.2, 0.25) is 0 Å². The van der Waals surface area contributed by atoms with E-state index < -0.39 is 11.4 Å². The van der Waals surface area contributed by atoms with E-state index in [1.54, 1.807) is 12.1 Å². The normalized spacial score (nSPS) is 12.8. The van der Waals surface area contributed by atoms with Gasteiger partial charge in [0.2, 0.25) is 0 Å². The molecule has 388 valence electrons. The van der Waals surface area contributed by atoms with Gasteiger partial charge in [-0.05, 0) is 157 Å². The van der Waals surface area contributed by atoms with Gasteiger partial charge in [-0.3, -0.25) is 0 Å². The molecule has 0 aliphatic heterocycles. The number of hydrogen-bond acceptors (Lipinski definition) is 8. The van der Waals surface area contributed by atoms with Crippen molar-refractivity contribution >= 4 is 88.9 Å². The van der Waals surface area contributed by atoms with Crippen molar-refractivity contribution in [1.82, 2.24) is 14.1 Å². The minimum atomic E-state index is -1.15. The van der Waals surface area contributed by atoms with Gasteiger partial charge in [-0.15, -0.1) is 11.8 Å². The molecule has 3 heterocycles. The number of thioether (sulfide) groups is 2. The van der Waals surface area contributed by atoms with Crippen LogP contribution in [0.4, 0.5) is 0 Å². The van der Waals surface area contributed by atoms with Crippen molar-refractivity contribution in [3.8, 4) is 51.5 Å². The van der Waals surface area contributed by atoms with Crippen LogP contribution >= 0.6 is 35.7 Å². The standard InChI is InChI=1S/C68H55N5O3S3/c1-68(2,43-70)40-52(49-20-18-44(19-21-49)42-76-64-17-10-36-71-65(64)66(74)75)37-51(38-55(41-69)79-67(77)78-3)48-24-22-47(23-25-48)50-30-35-63-59(39-50)58-13-6-9-16-62(58)73(63)54-33-28-46(29-34-54)45-26-31-53(32-27-45)72-60-14-7-4-11-56(60)57-12-5-8-15-61(57)72/h4-36,39,51-52,55H,37-38,40,42H2,1-3H3,(H,74,75). The van der Waals surface area contributed by atoms with Crippen molar-refractivity contribution in [2.24, 2.45) is 5.41 Å². The van der Waals surface area contributed by atoms with E-state index in [2.05, 4.69) is 202 Å². The Balaban J connectivity index is 0.864. The highest BCUT2D eigenvalue weighted by atomic mass is 32.2. The van der Waals surface area contributed by atoms with E-state index in [9.17, 15) is 20.4 Å². The molecule has 3 unspecified atom stereocenters. The zero-order valence-corrected chi connectivity index (χ0v) is 46.4. The van der Waals surface area contributed by atoms with E-state index in [0.717, 1.165) is 64.9 Å². The van der Waals surface area contributed by atoms with Gasteiger partial charge < -0.3 is 19.0 Å². The first kappa shape index (κ1) is 52.6. The fourth-order valence-corrected chi connectivity index (χ4v) is 12.9. The van der Waals surface area contributed by atoms with Gasteiger partial charge in [0.1, 0.15) is 10.1 Å². The highest BCUT2D eigenvalue weighted by molar-refractivity contribution is 8.47. The first-order valence-corrected chi connectivity index (χ1v) is 28.8. The second kappa shape index (κ2) is 22.9. The van der Waals surface area contributed by atoms with Crippen LogP contribution in [0.3, 0.4) is 0 Å². The Labute approximate surface area is 473 Å². The van der Waals surface area contributed by atoms with Crippen LogP contribution in [0.1, 0.15) is 72.1 Å². The molecule has 0 aliphatic carbocycles. The summed E-state index contributed by atoms with van der Waals surface area (Å²) in [6.07, 6.45) is 5.26. The number of carbonyl (C=O) groups is 1. The molecule has 11 rings (SSSR count). The number of ether oxygens (including phenoxy) is 1. The van der Waals surface area contributed by atoms with E-state index in [1.165, 1.54) is 62.3 Å². The first-order valence-electron chi connectivity index (χ1n) is 26.3. The fraction of sp³-hybridized carbons (Fsp3) is 0.162. The van der Waals surface area contributed by atoms with Crippen molar-refractivity contribution in [1.29, 1.82) is 10.5 Å². The molecule has 8 aromatic carbocycles. The molecular formula is C68H55N5O3S3. The van der Waals surface area contributed by atoms with Crippen LogP contribution in [-0.4, -0.2) is 40.2 Å². The summed E-state index contributed by atoms with van der Waals surface area (Å²) >= 11 is 8.54. The van der Waals surface area contributed by atoms with Crippen LogP contribution in [0.5, 0.6) is 5.75 Å². The summed E-state index contributed by atoms with van der Waals surface area (Å²) in [4.78, 5) is 15.7. The van der Waals surface area contributed by atoms with Gasteiger partial charge >= 0.3 is 5.97 Å². The lowest BCUT2D eigenvalue weighted by Crippen LogP contribution is -2.18. The molecular weight excluding hydrogens is 1030 g/mol. The summed E-state index contributed by atoms with van der Waals surface area (Å²) < 4.78 is 11.3. The maximum atomic E-state index is 11.7. The molecule has 79 heavy (non-hydrogen) atoms. The third kappa shape index (κ3) is 11.0. The summed E-state index contributed by atoms with van der Waals surface area (Å²) in [6, 6.07) is 75.5. The number of aromatic nitrogens is 3. The third-order valence-electron chi connectivity index (χ3n) is 15.0. The van der Waals surface area contributed by atoms with Crippen LogP contribution in [-0.2, 0) is 6.61 Å².